The van der Waals surface area contributed by atoms with Crippen molar-refractivity contribution in [2.75, 3.05) is 6.54 Å². The molecule has 1 amide bonds. The van der Waals surface area contributed by atoms with Crippen LogP contribution in [0.3, 0.4) is 0 Å². The summed E-state index contributed by atoms with van der Waals surface area (Å²) < 4.78 is 0. The Bertz CT molecular complexity index is 1120. The number of rotatable bonds is 7. The molecule has 0 aliphatic heterocycles. The zero-order valence-corrected chi connectivity index (χ0v) is 19.6. The number of aromatic nitrogens is 2. The maximum Gasteiger partial charge on any atom is 0.223 e. The van der Waals surface area contributed by atoms with Gasteiger partial charge in [-0.3, -0.25) is 15.2 Å². The van der Waals surface area contributed by atoms with Gasteiger partial charge < -0.3 is 15.6 Å². The summed E-state index contributed by atoms with van der Waals surface area (Å²) in [6.45, 7) is 2.65. The van der Waals surface area contributed by atoms with Gasteiger partial charge in [-0.15, -0.1) is 0 Å². The molecular weight excluding hydrogens is 432 g/mol. The summed E-state index contributed by atoms with van der Waals surface area (Å²) >= 11 is 5.34. The Labute approximate surface area is 199 Å². The van der Waals surface area contributed by atoms with Crippen molar-refractivity contribution < 1.29 is 4.79 Å². The third kappa shape index (κ3) is 6.38. The van der Waals surface area contributed by atoms with Gasteiger partial charge in [0.05, 0.1) is 11.9 Å². The number of thiocarbonyl (C=S) groups is 1. The highest BCUT2D eigenvalue weighted by atomic mass is 32.1. The number of fused-ring (bicyclic) bond motifs is 1. The SMILES string of the molecule is Cc1ccc(/C=N/NC(=S)NC2CCC(C(=O)NCCc3c[nH]c4ccccc34)CC2)nc1. The van der Waals surface area contributed by atoms with Gasteiger partial charge >= 0.3 is 0 Å². The molecule has 0 bridgehead atoms. The fraction of sp³-hybridized carbons (Fsp3) is 0.360. The minimum absolute atomic E-state index is 0.0678. The molecule has 33 heavy (non-hydrogen) atoms. The number of hydrazone groups is 1. The van der Waals surface area contributed by atoms with E-state index < -0.39 is 0 Å². The number of carbonyl (C=O) groups excluding carboxylic acids is 1. The van der Waals surface area contributed by atoms with E-state index in [2.05, 4.69) is 43.3 Å². The van der Waals surface area contributed by atoms with Gasteiger partial charge in [0.2, 0.25) is 5.91 Å². The molecule has 1 aliphatic rings. The number of H-pyrrole nitrogens is 1. The molecule has 1 fully saturated rings. The molecule has 172 valence electrons. The van der Waals surface area contributed by atoms with Crippen LogP contribution in [0.1, 0.15) is 42.5 Å². The molecule has 7 nitrogen and oxygen atoms in total. The normalized spacial score (nSPS) is 18.3. The number of benzene rings is 1. The predicted octanol–water partition coefficient (Wildman–Crippen LogP) is 3.59. The molecule has 1 aromatic carbocycles. The second-order valence-electron chi connectivity index (χ2n) is 8.55. The van der Waals surface area contributed by atoms with Gasteiger partial charge in [-0.1, -0.05) is 24.3 Å². The molecule has 2 aromatic heterocycles. The predicted molar refractivity (Wildman–Crippen MR) is 136 cm³/mol. The lowest BCUT2D eigenvalue weighted by molar-refractivity contribution is -0.125. The van der Waals surface area contributed by atoms with Crippen molar-refractivity contribution in [2.24, 2.45) is 11.0 Å². The number of pyridine rings is 1. The van der Waals surface area contributed by atoms with E-state index >= 15 is 0 Å². The van der Waals surface area contributed by atoms with Crippen LogP contribution in [0.25, 0.3) is 10.9 Å². The number of carbonyl (C=O) groups is 1. The lowest BCUT2D eigenvalue weighted by Gasteiger charge is -2.29. The van der Waals surface area contributed by atoms with Crippen molar-refractivity contribution in [2.45, 2.75) is 45.1 Å². The van der Waals surface area contributed by atoms with E-state index in [0.29, 0.717) is 11.7 Å². The van der Waals surface area contributed by atoms with Crippen molar-refractivity contribution in [1.29, 1.82) is 0 Å². The third-order valence-electron chi connectivity index (χ3n) is 6.10. The maximum absolute atomic E-state index is 12.6. The molecule has 0 spiro atoms. The zero-order chi connectivity index (χ0) is 23.0. The van der Waals surface area contributed by atoms with E-state index in [-0.39, 0.29) is 17.9 Å². The van der Waals surface area contributed by atoms with Gasteiger partial charge in [0, 0.05) is 41.8 Å². The molecule has 4 rings (SSSR count). The van der Waals surface area contributed by atoms with Crippen molar-refractivity contribution in [1.82, 2.24) is 26.0 Å². The van der Waals surface area contributed by atoms with Crippen LogP contribution in [-0.2, 0) is 11.2 Å². The highest BCUT2D eigenvalue weighted by Gasteiger charge is 2.26. The number of aryl methyl sites for hydroxylation is 1. The van der Waals surface area contributed by atoms with Crippen LogP contribution in [0.4, 0.5) is 0 Å². The number of nitrogens with one attached hydrogen (secondary N) is 4. The van der Waals surface area contributed by atoms with E-state index in [1.54, 1.807) is 12.4 Å². The molecular formula is C25H30N6OS. The summed E-state index contributed by atoms with van der Waals surface area (Å²) in [4.78, 5) is 20.2. The summed E-state index contributed by atoms with van der Waals surface area (Å²) in [5.41, 5.74) is 7.10. The number of aromatic amines is 1. The maximum atomic E-state index is 12.6. The average molecular weight is 463 g/mol. The van der Waals surface area contributed by atoms with Crippen LogP contribution in [0.2, 0.25) is 0 Å². The van der Waals surface area contributed by atoms with Gasteiger partial charge in [0.1, 0.15) is 0 Å². The van der Waals surface area contributed by atoms with Gasteiger partial charge in [-0.2, -0.15) is 5.10 Å². The summed E-state index contributed by atoms with van der Waals surface area (Å²) in [6.07, 6.45) is 9.83. The Balaban J connectivity index is 1.14. The molecule has 1 saturated carbocycles. The molecule has 0 saturated heterocycles. The first-order valence-electron chi connectivity index (χ1n) is 11.4. The van der Waals surface area contributed by atoms with Crippen LogP contribution in [0.5, 0.6) is 0 Å². The van der Waals surface area contributed by atoms with E-state index in [1.807, 2.05) is 37.4 Å². The van der Waals surface area contributed by atoms with Gasteiger partial charge in [0.25, 0.3) is 0 Å². The topological polar surface area (TPSA) is 94.2 Å². The second-order valence-corrected chi connectivity index (χ2v) is 8.96. The lowest BCUT2D eigenvalue weighted by atomic mass is 9.85. The molecule has 4 N–H and O–H groups in total. The van der Waals surface area contributed by atoms with Crippen molar-refractivity contribution in [3.63, 3.8) is 0 Å². The Morgan fingerprint density at radius 1 is 1.21 bits per heavy atom. The average Bonchev–Trinajstić information content (AvgIpc) is 3.24. The smallest absolute Gasteiger partial charge is 0.223 e. The minimum Gasteiger partial charge on any atom is -0.361 e. The van der Waals surface area contributed by atoms with E-state index in [4.69, 9.17) is 12.2 Å². The molecule has 8 heteroatoms. The van der Waals surface area contributed by atoms with Gasteiger partial charge in [-0.05, 0) is 74.5 Å². The molecule has 2 heterocycles. The Morgan fingerprint density at radius 2 is 2.03 bits per heavy atom. The number of hydrogen-bond acceptors (Lipinski definition) is 4. The Hall–Kier alpha value is -3.26. The molecule has 3 aromatic rings. The van der Waals surface area contributed by atoms with E-state index in [1.165, 1.54) is 10.9 Å². The molecule has 0 radical (unpaired) electrons. The first-order valence-corrected chi connectivity index (χ1v) is 11.8. The van der Waals surface area contributed by atoms with E-state index in [0.717, 1.165) is 48.9 Å². The largest absolute Gasteiger partial charge is 0.361 e. The summed E-state index contributed by atoms with van der Waals surface area (Å²) in [5, 5.41) is 12.3. The molecule has 0 unspecified atom stereocenters. The highest BCUT2D eigenvalue weighted by molar-refractivity contribution is 7.80. The van der Waals surface area contributed by atoms with Crippen LogP contribution >= 0.6 is 12.2 Å². The zero-order valence-electron chi connectivity index (χ0n) is 18.8. The summed E-state index contributed by atoms with van der Waals surface area (Å²) in [5.74, 6) is 0.224. The fourth-order valence-corrected chi connectivity index (χ4v) is 4.45. The van der Waals surface area contributed by atoms with Crippen molar-refractivity contribution in [3.05, 3.63) is 65.6 Å². The fourth-order valence-electron chi connectivity index (χ4n) is 4.23. The minimum atomic E-state index is 0.0678. The first kappa shape index (κ1) is 22.9. The summed E-state index contributed by atoms with van der Waals surface area (Å²) in [6, 6.07) is 12.4. The lowest BCUT2D eigenvalue weighted by Crippen LogP contribution is -2.43. The number of para-hydroxylation sites is 1. The highest BCUT2D eigenvalue weighted by Crippen LogP contribution is 2.24. The second kappa shape index (κ2) is 11.0. The number of nitrogens with zero attached hydrogens (tertiary/aromatic N) is 2. The third-order valence-corrected chi connectivity index (χ3v) is 6.31. The van der Waals surface area contributed by atoms with Gasteiger partial charge in [-0.25, -0.2) is 0 Å². The number of amides is 1. The van der Waals surface area contributed by atoms with Crippen LogP contribution in [0.15, 0.2) is 53.9 Å². The molecule has 1 aliphatic carbocycles. The van der Waals surface area contributed by atoms with Crippen molar-refractivity contribution in [3.8, 4) is 0 Å². The standard InChI is InChI=1S/C25H30N6OS/c1-17-6-9-21(27-14-17)16-29-31-25(33)30-20-10-7-18(8-11-20)24(32)26-13-12-19-15-28-23-5-3-2-4-22(19)23/h2-6,9,14-16,18,20,28H,7-8,10-13H2,1H3,(H,26,32)(H2,30,31,33)/b29-16+. The summed E-state index contributed by atoms with van der Waals surface area (Å²) in [7, 11) is 0. The Morgan fingerprint density at radius 3 is 2.82 bits per heavy atom. The van der Waals surface area contributed by atoms with Crippen molar-refractivity contribution >= 4 is 40.4 Å². The van der Waals surface area contributed by atoms with Crippen LogP contribution in [-0.4, -0.2) is 39.8 Å². The first-order chi connectivity index (χ1) is 16.1. The van der Waals surface area contributed by atoms with Crippen LogP contribution < -0.4 is 16.1 Å². The van der Waals surface area contributed by atoms with Crippen LogP contribution in [0, 0.1) is 12.8 Å². The number of hydrogen-bond donors (Lipinski definition) is 4. The van der Waals surface area contributed by atoms with E-state index in [9.17, 15) is 4.79 Å². The quantitative estimate of drug-likeness (QED) is 0.245. The Kier molecular flexibility index (Phi) is 7.67. The van der Waals surface area contributed by atoms with Gasteiger partial charge in [0.15, 0.2) is 5.11 Å². The molecule has 0 atom stereocenters. The monoisotopic (exact) mass is 462 g/mol.